The number of hydrogen-bond donors (Lipinski definition) is 1. The summed E-state index contributed by atoms with van der Waals surface area (Å²) in [6, 6.07) is 11.3. The number of hydrogen-bond acceptors (Lipinski definition) is 4. The number of thiophene rings is 1. The van der Waals surface area contributed by atoms with Crippen molar-refractivity contribution < 1.29 is 4.79 Å². The van der Waals surface area contributed by atoms with Crippen molar-refractivity contribution in [3.63, 3.8) is 0 Å². The summed E-state index contributed by atoms with van der Waals surface area (Å²) in [5, 5.41) is 9.93. The molecule has 1 aromatic carbocycles. The molecular weight excluding hydrogens is 396 g/mol. The molecule has 3 aromatic heterocycles. The highest BCUT2D eigenvalue weighted by atomic mass is 35.5. The Bertz CT molecular complexity index is 1220. The molecule has 0 aliphatic rings. The van der Waals surface area contributed by atoms with Crippen molar-refractivity contribution in [2.75, 3.05) is 0 Å². The molecule has 144 valence electrons. The van der Waals surface area contributed by atoms with Crippen LogP contribution in [0.5, 0.6) is 0 Å². The number of nitrogens with zero attached hydrogens (tertiary/aromatic N) is 3. The standard InChI is InChI=1S/C20H19ClN4O2S/c1-13-23-24(20(27)17-11-18-16(25(13)17)8-10-28-18)9-4-7-19(26)22-12-14-5-2-3-6-15(14)21/h2-3,5-6,8,10-11H,4,7,9,12H2,1H3,(H,22,26). The molecule has 0 bridgehead atoms. The first-order chi connectivity index (χ1) is 13.5. The van der Waals surface area contributed by atoms with Crippen LogP contribution in [0.1, 0.15) is 24.2 Å². The number of halogens is 1. The lowest BCUT2D eigenvalue weighted by Gasteiger charge is -2.09. The Kier molecular flexibility index (Phi) is 5.19. The number of carbonyl (C=O) groups excluding carboxylic acids is 1. The molecule has 0 spiro atoms. The molecule has 0 aliphatic heterocycles. The van der Waals surface area contributed by atoms with Gasteiger partial charge < -0.3 is 5.32 Å². The van der Waals surface area contributed by atoms with Gasteiger partial charge in [-0.3, -0.25) is 14.0 Å². The molecule has 0 aliphatic carbocycles. The maximum Gasteiger partial charge on any atom is 0.291 e. The van der Waals surface area contributed by atoms with Crippen LogP contribution in [0.25, 0.3) is 15.7 Å². The van der Waals surface area contributed by atoms with Crippen molar-refractivity contribution in [2.24, 2.45) is 0 Å². The van der Waals surface area contributed by atoms with Crippen molar-refractivity contribution >= 4 is 44.6 Å². The Balaban J connectivity index is 1.40. The quantitative estimate of drug-likeness (QED) is 0.522. The number of fused-ring (bicyclic) bond motifs is 3. The number of rotatable bonds is 6. The summed E-state index contributed by atoms with van der Waals surface area (Å²) in [4.78, 5) is 24.8. The zero-order valence-corrected chi connectivity index (χ0v) is 16.9. The van der Waals surface area contributed by atoms with Crippen molar-refractivity contribution in [1.29, 1.82) is 0 Å². The van der Waals surface area contributed by atoms with Gasteiger partial charge in [-0.25, -0.2) is 4.68 Å². The van der Waals surface area contributed by atoms with Gasteiger partial charge in [-0.15, -0.1) is 11.3 Å². The minimum atomic E-state index is -0.134. The average Bonchev–Trinajstić information content (AvgIpc) is 3.26. The van der Waals surface area contributed by atoms with Crippen LogP contribution < -0.4 is 10.9 Å². The lowest BCUT2D eigenvalue weighted by molar-refractivity contribution is -0.121. The summed E-state index contributed by atoms with van der Waals surface area (Å²) in [6.45, 7) is 2.67. The van der Waals surface area contributed by atoms with Gasteiger partial charge in [-0.2, -0.15) is 5.10 Å². The van der Waals surface area contributed by atoms with Gasteiger partial charge in [-0.05, 0) is 42.5 Å². The number of benzene rings is 1. The van der Waals surface area contributed by atoms with Gasteiger partial charge in [0.05, 0.1) is 10.2 Å². The van der Waals surface area contributed by atoms with E-state index >= 15 is 0 Å². The summed E-state index contributed by atoms with van der Waals surface area (Å²) in [5.74, 6) is 0.681. The van der Waals surface area contributed by atoms with Crippen LogP contribution in [0, 0.1) is 6.92 Å². The van der Waals surface area contributed by atoms with Crippen molar-refractivity contribution in [1.82, 2.24) is 19.5 Å². The fourth-order valence-electron chi connectivity index (χ4n) is 3.29. The largest absolute Gasteiger partial charge is 0.352 e. The van der Waals surface area contributed by atoms with E-state index in [-0.39, 0.29) is 11.5 Å². The topological polar surface area (TPSA) is 68.4 Å². The van der Waals surface area contributed by atoms with Crippen LogP contribution in [0.15, 0.2) is 46.6 Å². The number of carbonyl (C=O) groups is 1. The summed E-state index contributed by atoms with van der Waals surface area (Å²) in [7, 11) is 0. The number of aryl methyl sites for hydroxylation is 2. The second-order valence-electron chi connectivity index (χ2n) is 6.58. The molecule has 0 saturated carbocycles. The summed E-state index contributed by atoms with van der Waals surface area (Å²) in [5.41, 5.74) is 2.38. The predicted octanol–water partition coefficient (Wildman–Crippen LogP) is 3.77. The number of aromatic nitrogens is 3. The SMILES string of the molecule is Cc1nn(CCCC(=O)NCc2ccccc2Cl)c(=O)c2cc3sccc3n12. The molecule has 3 heterocycles. The molecule has 0 fully saturated rings. The first-order valence-electron chi connectivity index (χ1n) is 9.01. The summed E-state index contributed by atoms with van der Waals surface area (Å²) >= 11 is 7.70. The Morgan fingerprint density at radius 2 is 2.07 bits per heavy atom. The molecule has 4 rings (SSSR count). The minimum absolute atomic E-state index is 0.0750. The average molecular weight is 415 g/mol. The van der Waals surface area contributed by atoms with E-state index in [0.717, 1.165) is 21.6 Å². The van der Waals surface area contributed by atoms with Crippen LogP contribution in [0.3, 0.4) is 0 Å². The second-order valence-corrected chi connectivity index (χ2v) is 7.94. The maximum atomic E-state index is 12.7. The van der Waals surface area contributed by atoms with Gasteiger partial charge in [0.1, 0.15) is 11.3 Å². The second kappa shape index (κ2) is 7.77. The van der Waals surface area contributed by atoms with Gasteiger partial charge in [0.25, 0.3) is 5.56 Å². The van der Waals surface area contributed by atoms with E-state index < -0.39 is 0 Å². The first-order valence-corrected chi connectivity index (χ1v) is 10.3. The Morgan fingerprint density at radius 3 is 2.89 bits per heavy atom. The molecule has 28 heavy (non-hydrogen) atoms. The molecule has 1 N–H and O–H groups in total. The highest BCUT2D eigenvalue weighted by Crippen LogP contribution is 2.24. The van der Waals surface area contributed by atoms with E-state index in [1.54, 1.807) is 17.4 Å². The van der Waals surface area contributed by atoms with Gasteiger partial charge in [0.15, 0.2) is 0 Å². The van der Waals surface area contributed by atoms with E-state index in [1.165, 1.54) is 4.68 Å². The number of nitrogens with one attached hydrogen (secondary N) is 1. The van der Waals surface area contributed by atoms with Gasteiger partial charge in [0.2, 0.25) is 5.91 Å². The lowest BCUT2D eigenvalue weighted by atomic mass is 10.2. The van der Waals surface area contributed by atoms with Crippen molar-refractivity contribution in [3.8, 4) is 0 Å². The van der Waals surface area contributed by atoms with Crippen LogP contribution in [0.2, 0.25) is 5.02 Å². The monoisotopic (exact) mass is 414 g/mol. The van der Waals surface area contributed by atoms with Crippen LogP contribution in [-0.4, -0.2) is 20.1 Å². The van der Waals surface area contributed by atoms with Gasteiger partial charge in [0, 0.05) is 24.5 Å². The fraction of sp³-hybridized carbons (Fsp3) is 0.250. The van der Waals surface area contributed by atoms with Crippen LogP contribution >= 0.6 is 22.9 Å². The smallest absolute Gasteiger partial charge is 0.291 e. The molecule has 0 atom stereocenters. The Labute approximate surface area is 170 Å². The summed E-state index contributed by atoms with van der Waals surface area (Å²) in [6.07, 6.45) is 0.852. The van der Waals surface area contributed by atoms with E-state index in [9.17, 15) is 9.59 Å². The maximum absolute atomic E-state index is 12.7. The molecule has 0 saturated heterocycles. The third kappa shape index (κ3) is 3.55. The Hall–Kier alpha value is -2.64. The molecule has 8 heteroatoms. The third-order valence-corrected chi connectivity index (χ3v) is 5.89. The van der Waals surface area contributed by atoms with Crippen LogP contribution in [-0.2, 0) is 17.9 Å². The van der Waals surface area contributed by atoms with E-state index in [4.69, 9.17) is 11.6 Å². The molecule has 0 radical (unpaired) electrons. The Morgan fingerprint density at radius 1 is 1.25 bits per heavy atom. The fourth-order valence-corrected chi connectivity index (χ4v) is 4.30. The molecule has 0 unspecified atom stereocenters. The normalized spacial score (nSPS) is 11.4. The highest BCUT2D eigenvalue weighted by molar-refractivity contribution is 7.17. The minimum Gasteiger partial charge on any atom is -0.352 e. The molecular formula is C20H19ClN4O2S. The molecule has 6 nitrogen and oxygen atoms in total. The number of amides is 1. The van der Waals surface area contributed by atoms with E-state index in [0.29, 0.717) is 36.5 Å². The molecule has 1 amide bonds. The van der Waals surface area contributed by atoms with Crippen molar-refractivity contribution in [3.05, 3.63) is 68.5 Å². The highest BCUT2D eigenvalue weighted by Gasteiger charge is 2.13. The third-order valence-electron chi connectivity index (χ3n) is 4.67. The molecule has 4 aromatic rings. The zero-order chi connectivity index (χ0) is 19.7. The van der Waals surface area contributed by atoms with Gasteiger partial charge >= 0.3 is 0 Å². The first kappa shape index (κ1) is 18.7. The lowest BCUT2D eigenvalue weighted by Crippen LogP contribution is -2.27. The van der Waals surface area contributed by atoms with E-state index in [1.807, 2.05) is 47.0 Å². The zero-order valence-electron chi connectivity index (χ0n) is 15.3. The van der Waals surface area contributed by atoms with Crippen molar-refractivity contribution in [2.45, 2.75) is 32.9 Å². The summed E-state index contributed by atoms with van der Waals surface area (Å²) < 4.78 is 4.41. The van der Waals surface area contributed by atoms with E-state index in [2.05, 4.69) is 10.4 Å². The van der Waals surface area contributed by atoms with Crippen LogP contribution in [0.4, 0.5) is 0 Å². The van der Waals surface area contributed by atoms with Gasteiger partial charge in [-0.1, -0.05) is 29.8 Å². The predicted molar refractivity (Wildman–Crippen MR) is 112 cm³/mol.